The number of carbonyl (C=O) groups excluding carboxylic acids is 1. The monoisotopic (exact) mass is 414 g/mol. The molecule has 1 atom stereocenters. The van der Waals surface area contributed by atoms with Gasteiger partial charge in [-0.3, -0.25) is 4.79 Å². The van der Waals surface area contributed by atoms with E-state index < -0.39 is 6.10 Å². The van der Waals surface area contributed by atoms with Gasteiger partial charge in [-0.25, -0.2) is 5.43 Å². The fourth-order valence-corrected chi connectivity index (χ4v) is 2.68. The Kier molecular flexibility index (Phi) is 9.51. The summed E-state index contributed by atoms with van der Waals surface area (Å²) < 4.78 is 21.9. The average molecular weight is 415 g/mol. The molecule has 0 saturated carbocycles. The van der Waals surface area contributed by atoms with E-state index >= 15 is 0 Å². The first-order chi connectivity index (χ1) is 14.6. The Morgan fingerprint density at radius 3 is 2.47 bits per heavy atom. The SMILES string of the molecule is CCCCCOc1ccc(OC(C)C(=O)NN=Cc2cccc(OC)c2OC)cc1. The molecule has 1 unspecified atom stereocenters. The van der Waals surface area contributed by atoms with Crippen molar-refractivity contribution in [2.75, 3.05) is 20.8 Å². The van der Waals surface area contributed by atoms with Crippen molar-refractivity contribution in [3.05, 3.63) is 48.0 Å². The molecule has 1 amide bonds. The number of nitrogens with zero attached hydrogens (tertiary/aromatic N) is 1. The lowest BCUT2D eigenvalue weighted by Crippen LogP contribution is -2.33. The van der Waals surface area contributed by atoms with Crippen LogP contribution in [0.3, 0.4) is 0 Å². The highest BCUT2D eigenvalue weighted by Crippen LogP contribution is 2.29. The molecular formula is C23H30N2O5. The van der Waals surface area contributed by atoms with Crippen LogP contribution in [0.2, 0.25) is 0 Å². The number of para-hydroxylation sites is 1. The van der Waals surface area contributed by atoms with Crippen LogP contribution < -0.4 is 24.4 Å². The van der Waals surface area contributed by atoms with Gasteiger partial charge in [-0.2, -0.15) is 5.10 Å². The van der Waals surface area contributed by atoms with E-state index in [1.54, 1.807) is 39.3 Å². The van der Waals surface area contributed by atoms with Gasteiger partial charge in [0.05, 0.1) is 27.0 Å². The Labute approximate surface area is 178 Å². The number of hydrazone groups is 1. The molecule has 0 aliphatic heterocycles. The summed E-state index contributed by atoms with van der Waals surface area (Å²) in [7, 11) is 3.11. The number of unbranched alkanes of at least 4 members (excludes halogenated alkanes) is 2. The van der Waals surface area contributed by atoms with Gasteiger partial charge < -0.3 is 18.9 Å². The number of ether oxygens (including phenoxy) is 4. The van der Waals surface area contributed by atoms with E-state index in [0.29, 0.717) is 29.4 Å². The second kappa shape index (κ2) is 12.4. The Morgan fingerprint density at radius 2 is 1.80 bits per heavy atom. The first-order valence-electron chi connectivity index (χ1n) is 10.0. The number of methoxy groups -OCH3 is 2. The minimum atomic E-state index is -0.717. The number of nitrogens with one attached hydrogen (secondary N) is 1. The van der Waals surface area contributed by atoms with E-state index in [-0.39, 0.29) is 5.91 Å². The summed E-state index contributed by atoms with van der Waals surface area (Å²) in [5, 5.41) is 3.99. The largest absolute Gasteiger partial charge is 0.494 e. The van der Waals surface area contributed by atoms with Gasteiger partial charge in [0.2, 0.25) is 0 Å². The van der Waals surface area contributed by atoms with E-state index in [2.05, 4.69) is 17.5 Å². The van der Waals surface area contributed by atoms with Gasteiger partial charge in [-0.1, -0.05) is 25.8 Å². The number of amides is 1. The summed E-state index contributed by atoms with van der Waals surface area (Å²) in [5.41, 5.74) is 3.16. The third-order valence-corrected chi connectivity index (χ3v) is 4.33. The molecule has 0 aromatic heterocycles. The van der Waals surface area contributed by atoms with E-state index in [1.165, 1.54) is 6.21 Å². The van der Waals surface area contributed by atoms with Gasteiger partial charge in [-0.05, 0) is 49.7 Å². The van der Waals surface area contributed by atoms with Crippen molar-refractivity contribution in [1.29, 1.82) is 0 Å². The van der Waals surface area contributed by atoms with Crippen molar-refractivity contribution in [2.24, 2.45) is 5.10 Å². The predicted octanol–water partition coefficient (Wildman–Crippen LogP) is 4.19. The van der Waals surface area contributed by atoms with Gasteiger partial charge >= 0.3 is 0 Å². The Bertz CT molecular complexity index is 821. The lowest BCUT2D eigenvalue weighted by molar-refractivity contribution is -0.127. The molecular weight excluding hydrogens is 384 g/mol. The van der Waals surface area contributed by atoms with E-state index in [4.69, 9.17) is 18.9 Å². The van der Waals surface area contributed by atoms with Gasteiger partial charge in [-0.15, -0.1) is 0 Å². The molecule has 0 aliphatic carbocycles. The summed E-state index contributed by atoms with van der Waals surface area (Å²) in [5.74, 6) is 2.12. The van der Waals surface area contributed by atoms with Crippen molar-refractivity contribution < 1.29 is 23.7 Å². The summed E-state index contributed by atoms with van der Waals surface area (Å²) in [4.78, 5) is 12.3. The van der Waals surface area contributed by atoms with Gasteiger partial charge in [0.1, 0.15) is 11.5 Å². The Hall–Kier alpha value is -3.22. The number of hydrogen-bond donors (Lipinski definition) is 1. The molecule has 0 radical (unpaired) electrons. The molecule has 1 N–H and O–H groups in total. The average Bonchev–Trinajstić information content (AvgIpc) is 2.77. The summed E-state index contributed by atoms with van der Waals surface area (Å²) >= 11 is 0. The summed E-state index contributed by atoms with van der Waals surface area (Å²) in [6, 6.07) is 12.6. The van der Waals surface area contributed by atoms with Crippen LogP contribution in [0.25, 0.3) is 0 Å². The van der Waals surface area contributed by atoms with Crippen LogP contribution in [0, 0.1) is 0 Å². The zero-order chi connectivity index (χ0) is 21.8. The number of benzene rings is 2. The second-order valence-electron chi connectivity index (χ2n) is 6.60. The molecule has 0 saturated heterocycles. The Morgan fingerprint density at radius 1 is 1.07 bits per heavy atom. The lowest BCUT2D eigenvalue weighted by atomic mass is 10.2. The second-order valence-corrected chi connectivity index (χ2v) is 6.60. The summed E-state index contributed by atoms with van der Waals surface area (Å²) in [6.07, 6.45) is 4.13. The first kappa shape index (κ1) is 23.1. The molecule has 0 fully saturated rings. The third-order valence-electron chi connectivity index (χ3n) is 4.33. The van der Waals surface area contributed by atoms with E-state index in [1.807, 2.05) is 24.3 Å². The van der Waals surface area contributed by atoms with Crippen LogP contribution in [0.15, 0.2) is 47.6 Å². The zero-order valence-corrected chi connectivity index (χ0v) is 18.0. The van der Waals surface area contributed by atoms with Crippen molar-refractivity contribution in [3.63, 3.8) is 0 Å². The summed E-state index contributed by atoms with van der Waals surface area (Å²) in [6.45, 7) is 4.51. The lowest BCUT2D eigenvalue weighted by Gasteiger charge is -2.14. The van der Waals surface area contributed by atoms with Crippen LogP contribution in [-0.2, 0) is 4.79 Å². The zero-order valence-electron chi connectivity index (χ0n) is 18.0. The first-order valence-corrected chi connectivity index (χ1v) is 10.0. The quantitative estimate of drug-likeness (QED) is 0.320. The third kappa shape index (κ3) is 6.99. The van der Waals surface area contributed by atoms with Crippen molar-refractivity contribution in [3.8, 4) is 23.0 Å². The van der Waals surface area contributed by atoms with Crippen LogP contribution in [-0.4, -0.2) is 39.1 Å². The fraction of sp³-hybridized carbons (Fsp3) is 0.391. The molecule has 0 aliphatic rings. The maximum absolute atomic E-state index is 12.3. The van der Waals surface area contributed by atoms with E-state index in [9.17, 15) is 4.79 Å². The van der Waals surface area contributed by atoms with Crippen LogP contribution >= 0.6 is 0 Å². The topological polar surface area (TPSA) is 78.4 Å². The molecule has 7 nitrogen and oxygen atoms in total. The minimum absolute atomic E-state index is 0.368. The molecule has 2 aromatic carbocycles. The molecule has 0 bridgehead atoms. The fourth-order valence-electron chi connectivity index (χ4n) is 2.68. The normalized spacial score (nSPS) is 11.7. The predicted molar refractivity (Wildman–Crippen MR) is 117 cm³/mol. The van der Waals surface area contributed by atoms with Crippen LogP contribution in [0.5, 0.6) is 23.0 Å². The number of hydrogen-bond acceptors (Lipinski definition) is 6. The number of carbonyl (C=O) groups is 1. The highest BCUT2D eigenvalue weighted by atomic mass is 16.5. The molecule has 7 heteroatoms. The van der Waals surface area contributed by atoms with Gasteiger partial charge in [0.25, 0.3) is 5.91 Å². The van der Waals surface area contributed by atoms with E-state index in [0.717, 1.165) is 25.0 Å². The molecule has 2 aromatic rings. The maximum Gasteiger partial charge on any atom is 0.280 e. The smallest absolute Gasteiger partial charge is 0.280 e. The highest BCUT2D eigenvalue weighted by Gasteiger charge is 2.14. The van der Waals surface area contributed by atoms with Crippen molar-refractivity contribution in [2.45, 2.75) is 39.2 Å². The van der Waals surface area contributed by atoms with Crippen LogP contribution in [0.1, 0.15) is 38.7 Å². The Balaban J connectivity index is 1.85. The van der Waals surface area contributed by atoms with Crippen LogP contribution in [0.4, 0.5) is 0 Å². The van der Waals surface area contributed by atoms with Crippen molar-refractivity contribution in [1.82, 2.24) is 5.43 Å². The van der Waals surface area contributed by atoms with Crippen molar-refractivity contribution >= 4 is 12.1 Å². The minimum Gasteiger partial charge on any atom is -0.494 e. The molecule has 30 heavy (non-hydrogen) atoms. The standard InChI is InChI=1S/C23H30N2O5/c1-5-6-7-15-29-19-11-13-20(14-12-19)30-17(2)23(26)25-24-16-18-9-8-10-21(27-3)22(18)28-4/h8-14,16-17H,5-7,15H2,1-4H3,(H,25,26). The van der Waals surface area contributed by atoms with Gasteiger partial charge in [0.15, 0.2) is 17.6 Å². The highest BCUT2D eigenvalue weighted by molar-refractivity contribution is 5.87. The molecule has 0 spiro atoms. The maximum atomic E-state index is 12.3. The van der Waals surface area contributed by atoms with Gasteiger partial charge in [0, 0.05) is 5.56 Å². The molecule has 0 heterocycles. The molecule has 2 rings (SSSR count). The number of rotatable bonds is 12. The molecule has 162 valence electrons.